The summed E-state index contributed by atoms with van der Waals surface area (Å²) in [6, 6.07) is 0. The molecule has 0 rings (SSSR count). The van der Waals surface area contributed by atoms with Gasteiger partial charge in [0.25, 0.3) is 0 Å². The van der Waals surface area contributed by atoms with Gasteiger partial charge in [0.1, 0.15) is 5.78 Å². The summed E-state index contributed by atoms with van der Waals surface area (Å²) in [6.45, 7) is 3.75. The van der Waals surface area contributed by atoms with E-state index in [-0.39, 0.29) is 11.9 Å². The maximum absolute atomic E-state index is 10.6. The first-order valence-electron chi connectivity index (χ1n) is 4.23. The molecule has 11 heavy (non-hydrogen) atoms. The number of carbonyl (C=O) groups is 1. The summed E-state index contributed by atoms with van der Waals surface area (Å²) in [4.78, 5) is 10.6. The molecule has 0 bridgehead atoms. The van der Waals surface area contributed by atoms with Gasteiger partial charge in [-0.3, -0.25) is 0 Å². The maximum atomic E-state index is 10.6. The van der Waals surface area contributed by atoms with Crippen LogP contribution in [-0.4, -0.2) is 19.0 Å². The molecule has 66 valence electrons. The summed E-state index contributed by atoms with van der Waals surface area (Å²) >= 11 is 0. The van der Waals surface area contributed by atoms with Crippen LogP contribution in [0.4, 0.5) is 0 Å². The second-order valence-electron chi connectivity index (χ2n) is 2.89. The van der Waals surface area contributed by atoms with Crippen molar-refractivity contribution in [2.75, 3.05) is 7.11 Å². The average molecular weight is 158 g/mol. The van der Waals surface area contributed by atoms with Gasteiger partial charge in [-0.1, -0.05) is 13.3 Å². The fourth-order valence-electron chi connectivity index (χ4n) is 1.07. The maximum Gasteiger partial charge on any atom is 0.129 e. The second kappa shape index (κ2) is 6.35. The van der Waals surface area contributed by atoms with Crippen LogP contribution in [0.3, 0.4) is 0 Å². The highest BCUT2D eigenvalue weighted by Gasteiger charge is 2.06. The van der Waals surface area contributed by atoms with Gasteiger partial charge < -0.3 is 9.53 Å². The minimum absolute atomic E-state index is 0.253. The van der Waals surface area contributed by atoms with Crippen molar-refractivity contribution >= 4 is 5.78 Å². The lowest BCUT2D eigenvalue weighted by atomic mass is 10.1. The van der Waals surface area contributed by atoms with E-state index in [9.17, 15) is 4.79 Å². The minimum Gasteiger partial charge on any atom is -0.381 e. The van der Waals surface area contributed by atoms with Crippen molar-refractivity contribution in [3.63, 3.8) is 0 Å². The molecule has 2 nitrogen and oxygen atoms in total. The first-order valence-corrected chi connectivity index (χ1v) is 4.23. The standard InChI is InChI=1S/C9H18O2/c1-4-5-9(11-3)7-6-8(2)10/h9H,4-7H2,1-3H3. The van der Waals surface area contributed by atoms with Gasteiger partial charge in [0.05, 0.1) is 6.10 Å². The largest absolute Gasteiger partial charge is 0.381 e. The zero-order chi connectivity index (χ0) is 8.69. The van der Waals surface area contributed by atoms with Crippen LogP contribution in [0.15, 0.2) is 0 Å². The Kier molecular flexibility index (Phi) is 6.13. The summed E-state index contributed by atoms with van der Waals surface area (Å²) in [6.07, 6.45) is 3.99. The van der Waals surface area contributed by atoms with Crippen molar-refractivity contribution in [3.05, 3.63) is 0 Å². The monoisotopic (exact) mass is 158 g/mol. The lowest BCUT2D eigenvalue weighted by Gasteiger charge is -2.12. The lowest BCUT2D eigenvalue weighted by molar-refractivity contribution is -0.117. The summed E-state index contributed by atoms with van der Waals surface area (Å²) in [5.74, 6) is 0.253. The molecule has 0 aromatic rings. The minimum atomic E-state index is 0.253. The van der Waals surface area contributed by atoms with Gasteiger partial charge in [-0.05, 0) is 19.8 Å². The average Bonchev–Trinajstić information content (AvgIpc) is 1.97. The van der Waals surface area contributed by atoms with E-state index in [4.69, 9.17) is 4.74 Å². The number of ether oxygens (including phenoxy) is 1. The molecule has 2 heteroatoms. The molecular formula is C9H18O2. The van der Waals surface area contributed by atoms with Crippen LogP contribution in [-0.2, 0) is 9.53 Å². The Morgan fingerprint density at radius 1 is 1.45 bits per heavy atom. The third kappa shape index (κ3) is 6.05. The van der Waals surface area contributed by atoms with Crippen LogP contribution >= 0.6 is 0 Å². The van der Waals surface area contributed by atoms with Gasteiger partial charge in [-0.2, -0.15) is 0 Å². The summed E-state index contributed by atoms with van der Waals surface area (Å²) in [5, 5.41) is 0. The Labute approximate surface area is 68.9 Å². The third-order valence-electron chi connectivity index (χ3n) is 1.76. The van der Waals surface area contributed by atoms with Gasteiger partial charge in [-0.25, -0.2) is 0 Å². The number of carbonyl (C=O) groups excluding carboxylic acids is 1. The zero-order valence-corrected chi connectivity index (χ0v) is 7.72. The molecule has 0 aliphatic carbocycles. The molecule has 0 amide bonds. The molecule has 1 unspecified atom stereocenters. The van der Waals surface area contributed by atoms with Crippen LogP contribution in [0.5, 0.6) is 0 Å². The zero-order valence-electron chi connectivity index (χ0n) is 7.72. The van der Waals surface area contributed by atoms with Gasteiger partial charge >= 0.3 is 0 Å². The van der Waals surface area contributed by atoms with Gasteiger partial charge in [0, 0.05) is 13.5 Å². The van der Waals surface area contributed by atoms with Crippen molar-refractivity contribution in [3.8, 4) is 0 Å². The number of rotatable bonds is 6. The van der Waals surface area contributed by atoms with Crippen molar-refractivity contribution in [1.82, 2.24) is 0 Å². The third-order valence-corrected chi connectivity index (χ3v) is 1.76. The van der Waals surface area contributed by atoms with E-state index in [1.54, 1.807) is 14.0 Å². The lowest BCUT2D eigenvalue weighted by Crippen LogP contribution is -2.11. The highest BCUT2D eigenvalue weighted by molar-refractivity contribution is 5.75. The van der Waals surface area contributed by atoms with Crippen molar-refractivity contribution in [2.24, 2.45) is 0 Å². The van der Waals surface area contributed by atoms with E-state index in [0.717, 1.165) is 19.3 Å². The Hall–Kier alpha value is -0.370. The van der Waals surface area contributed by atoms with Crippen LogP contribution < -0.4 is 0 Å². The number of hydrogen-bond acceptors (Lipinski definition) is 2. The molecule has 0 aliphatic heterocycles. The molecular weight excluding hydrogens is 140 g/mol. The summed E-state index contributed by atoms with van der Waals surface area (Å²) in [5.41, 5.74) is 0. The molecule has 0 N–H and O–H groups in total. The molecule has 0 heterocycles. The molecule has 0 spiro atoms. The molecule has 0 saturated carbocycles. The van der Waals surface area contributed by atoms with E-state index < -0.39 is 0 Å². The first kappa shape index (κ1) is 10.6. The van der Waals surface area contributed by atoms with Crippen molar-refractivity contribution in [2.45, 2.75) is 45.6 Å². The van der Waals surface area contributed by atoms with Crippen LogP contribution in [0, 0.1) is 0 Å². The number of methoxy groups -OCH3 is 1. The van der Waals surface area contributed by atoms with Crippen LogP contribution in [0.2, 0.25) is 0 Å². The Bertz CT molecular complexity index is 110. The molecule has 0 saturated heterocycles. The highest BCUT2D eigenvalue weighted by Crippen LogP contribution is 2.08. The van der Waals surface area contributed by atoms with Gasteiger partial charge in [0.2, 0.25) is 0 Å². The number of ketones is 1. The number of hydrogen-bond donors (Lipinski definition) is 0. The Morgan fingerprint density at radius 2 is 2.09 bits per heavy atom. The quantitative estimate of drug-likeness (QED) is 0.592. The van der Waals surface area contributed by atoms with E-state index in [1.807, 2.05) is 0 Å². The van der Waals surface area contributed by atoms with Crippen molar-refractivity contribution in [1.29, 1.82) is 0 Å². The highest BCUT2D eigenvalue weighted by atomic mass is 16.5. The normalized spacial score (nSPS) is 13.0. The summed E-state index contributed by atoms with van der Waals surface area (Å²) in [7, 11) is 1.71. The molecule has 1 atom stereocenters. The fraction of sp³-hybridized carbons (Fsp3) is 0.889. The van der Waals surface area contributed by atoms with Gasteiger partial charge in [-0.15, -0.1) is 0 Å². The van der Waals surface area contributed by atoms with E-state index in [2.05, 4.69) is 6.92 Å². The van der Waals surface area contributed by atoms with Crippen molar-refractivity contribution < 1.29 is 9.53 Å². The van der Waals surface area contributed by atoms with Crippen LogP contribution in [0.25, 0.3) is 0 Å². The second-order valence-corrected chi connectivity index (χ2v) is 2.89. The Morgan fingerprint density at radius 3 is 2.45 bits per heavy atom. The predicted octanol–water partition coefficient (Wildman–Crippen LogP) is 2.17. The topological polar surface area (TPSA) is 26.3 Å². The SMILES string of the molecule is CCCC(CCC(C)=O)OC. The molecule has 0 radical (unpaired) electrons. The first-order chi connectivity index (χ1) is 5.20. The van der Waals surface area contributed by atoms with E-state index >= 15 is 0 Å². The fourth-order valence-corrected chi connectivity index (χ4v) is 1.07. The van der Waals surface area contributed by atoms with E-state index in [0.29, 0.717) is 6.42 Å². The Balaban J connectivity index is 3.43. The molecule has 0 aromatic carbocycles. The summed E-state index contributed by atoms with van der Waals surface area (Å²) < 4.78 is 5.19. The van der Waals surface area contributed by atoms with Crippen LogP contribution in [0.1, 0.15) is 39.5 Å². The molecule has 0 aliphatic rings. The van der Waals surface area contributed by atoms with E-state index in [1.165, 1.54) is 0 Å². The molecule has 0 fully saturated rings. The number of Topliss-reactive ketones (excluding diaryl/α,β-unsaturated/α-hetero) is 1. The van der Waals surface area contributed by atoms with Gasteiger partial charge in [0.15, 0.2) is 0 Å². The predicted molar refractivity (Wildman–Crippen MR) is 45.6 cm³/mol. The molecule has 0 aromatic heterocycles. The smallest absolute Gasteiger partial charge is 0.129 e.